The second-order valence-electron chi connectivity index (χ2n) is 4.35. The molecule has 1 aliphatic heterocycles. The highest BCUT2D eigenvalue weighted by Gasteiger charge is 2.20. The van der Waals surface area contributed by atoms with Crippen LogP contribution in [0.1, 0.15) is 23.7 Å². The van der Waals surface area contributed by atoms with E-state index in [-0.39, 0.29) is 5.78 Å². The first-order valence-corrected chi connectivity index (χ1v) is 8.49. The molecular weight excluding hydrogens is 331 g/mol. The second-order valence-corrected chi connectivity index (χ2v) is 7.36. The van der Waals surface area contributed by atoms with Gasteiger partial charge in [-0.1, -0.05) is 53.6 Å². The minimum absolute atomic E-state index is 0.0744. The van der Waals surface area contributed by atoms with Crippen LogP contribution in [0.15, 0.2) is 49.9 Å². The van der Waals surface area contributed by atoms with Crippen LogP contribution in [0.3, 0.4) is 0 Å². The lowest BCUT2D eigenvalue weighted by molar-refractivity contribution is 0.0988. The molecule has 0 saturated heterocycles. The average molecular weight is 341 g/mol. The highest BCUT2D eigenvalue weighted by molar-refractivity contribution is 8.05. The topological polar surface area (TPSA) is 17.1 Å². The van der Waals surface area contributed by atoms with Crippen LogP contribution in [0.5, 0.6) is 0 Å². The quantitative estimate of drug-likeness (QED) is 0.516. The van der Waals surface area contributed by atoms with Crippen LogP contribution >= 0.6 is 46.7 Å². The third-order valence-electron chi connectivity index (χ3n) is 3.00. The summed E-state index contributed by atoms with van der Waals surface area (Å²) in [6.07, 6.45) is 0.461. The molecule has 0 unspecified atom stereocenters. The van der Waals surface area contributed by atoms with E-state index >= 15 is 0 Å². The number of halogens is 2. The maximum Gasteiger partial charge on any atom is 0.164 e. The van der Waals surface area contributed by atoms with Crippen LogP contribution < -0.4 is 0 Å². The summed E-state index contributed by atoms with van der Waals surface area (Å²) in [6.45, 7) is 1.84. The Morgan fingerprint density at radius 3 is 2.40 bits per heavy atom. The number of ketones is 1. The number of rotatable bonds is 2. The molecule has 0 amide bonds. The van der Waals surface area contributed by atoms with Gasteiger partial charge in [0.05, 0.1) is 5.02 Å². The molecule has 1 nitrogen and oxygen atoms in total. The second kappa shape index (κ2) is 5.64. The predicted molar refractivity (Wildman–Crippen MR) is 85.8 cm³/mol. The molecule has 0 bridgehead atoms. The Labute approximate surface area is 136 Å². The van der Waals surface area contributed by atoms with Crippen molar-refractivity contribution in [3.8, 4) is 0 Å². The summed E-state index contributed by atoms with van der Waals surface area (Å²) in [4.78, 5) is 16.3. The summed E-state index contributed by atoms with van der Waals surface area (Å²) < 4.78 is 0. The number of carbonyl (C=O) groups excluding carboxylic acids is 1. The Morgan fingerprint density at radius 1 is 1.00 bits per heavy atom. The summed E-state index contributed by atoms with van der Waals surface area (Å²) in [5.74, 6) is 0.0744. The van der Waals surface area contributed by atoms with Gasteiger partial charge in [0, 0.05) is 36.6 Å². The molecule has 1 heterocycles. The number of hydrogen-bond donors (Lipinski definition) is 0. The molecule has 0 spiro atoms. The van der Waals surface area contributed by atoms with Crippen molar-refractivity contribution in [3.63, 3.8) is 0 Å². The largest absolute Gasteiger partial charge is 0.294 e. The summed E-state index contributed by atoms with van der Waals surface area (Å²) in [7, 11) is 0. The summed E-state index contributed by atoms with van der Waals surface area (Å²) in [5.41, 5.74) is 0.610. The van der Waals surface area contributed by atoms with Gasteiger partial charge in [0.2, 0.25) is 0 Å². The first-order valence-electron chi connectivity index (χ1n) is 6.10. The van der Waals surface area contributed by atoms with Gasteiger partial charge in [0.1, 0.15) is 0 Å². The standard InChI is InChI=1S/C15H10Cl2OS2/c1-2-11(18)9-6-14-15(7-10(9)17)20-13-5-8(16)3-4-12(13)19-14/h3-7H,2H2,1H3. The van der Waals surface area contributed by atoms with E-state index in [1.54, 1.807) is 23.5 Å². The first kappa shape index (κ1) is 14.3. The third kappa shape index (κ3) is 2.60. The molecule has 5 heteroatoms. The fourth-order valence-electron chi connectivity index (χ4n) is 1.98. The minimum Gasteiger partial charge on any atom is -0.294 e. The molecule has 0 aromatic heterocycles. The number of hydrogen-bond acceptors (Lipinski definition) is 3. The lowest BCUT2D eigenvalue weighted by Gasteiger charge is -2.19. The molecule has 20 heavy (non-hydrogen) atoms. The predicted octanol–water partition coefficient (Wildman–Crippen LogP) is 6.20. The Bertz CT molecular complexity index is 713. The fourth-order valence-corrected chi connectivity index (χ4v) is 4.85. The van der Waals surface area contributed by atoms with Gasteiger partial charge in [0.15, 0.2) is 5.78 Å². The van der Waals surface area contributed by atoms with E-state index in [1.165, 1.54) is 0 Å². The van der Waals surface area contributed by atoms with Gasteiger partial charge in [-0.3, -0.25) is 4.79 Å². The molecule has 102 valence electrons. The van der Waals surface area contributed by atoms with Crippen molar-refractivity contribution in [2.75, 3.05) is 0 Å². The number of Topliss-reactive ketones (excluding diaryl/α,β-unsaturated/α-hetero) is 1. The van der Waals surface area contributed by atoms with E-state index in [1.807, 2.05) is 37.3 Å². The zero-order valence-corrected chi connectivity index (χ0v) is 13.7. The molecule has 2 aromatic rings. The van der Waals surface area contributed by atoms with Crippen LogP contribution in [-0.2, 0) is 0 Å². The third-order valence-corrected chi connectivity index (χ3v) is 6.06. The number of benzene rings is 2. The van der Waals surface area contributed by atoms with E-state index in [4.69, 9.17) is 23.2 Å². The van der Waals surface area contributed by atoms with Gasteiger partial charge in [-0.25, -0.2) is 0 Å². The molecule has 2 aromatic carbocycles. The van der Waals surface area contributed by atoms with Crippen LogP contribution in [0, 0.1) is 0 Å². The zero-order valence-electron chi connectivity index (χ0n) is 10.6. The molecule has 0 saturated carbocycles. The molecule has 0 fully saturated rings. The summed E-state index contributed by atoms with van der Waals surface area (Å²) in [5, 5.41) is 1.25. The van der Waals surface area contributed by atoms with Crippen molar-refractivity contribution in [3.05, 3.63) is 45.9 Å². The number of carbonyl (C=O) groups is 1. The SMILES string of the molecule is CCC(=O)c1cc2c(cc1Cl)Sc1cc(Cl)ccc1S2. The van der Waals surface area contributed by atoms with Crippen LogP contribution in [-0.4, -0.2) is 5.78 Å². The molecule has 0 aliphatic carbocycles. The van der Waals surface area contributed by atoms with E-state index in [9.17, 15) is 4.79 Å². The smallest absolute Gasteiger partial charge is 0.164 e. The van der Waals surface area contributed by atoms with Gasteiger partial charge in [-0.15, -0.1) is 0 Å². The normalized spacial score (nSPS) is 12.8. The van der Waals surface area contributed by atoms with Gasteiger partial charge >= 0.3 is 0 Å². The molecule has 0 radical (unpaired) electrons. The molecule has 3 rings (SSSR count). The Hall–Kier alpha value is -0.610. The van der Waals surface area contributed by atoms with Crippen LogP contribution in [0.25, 0.3) is 0 Å². The molecule has 0 atom stereocenters. The minimum atomic E-state index is 0.0744. The zero-order chi connectivity index (χ0) is 14.3. The summed E-state index contributed by atoms with van der Waals surface area (Å²) in [6, 6.07) is 9.62. The fraction of sp³-hybridized carbons (Fsp3) is 0.133. The highest BCUT2D eigenvalue weighted by atomic mass is 35.5. The van der Waals surface area contributed by atoms with Crippen molar-refractivity contribution < 1.29 is 4.79 Å². The van der Waals surface area contributed by atoms with Gasteiger partial charge in [-0.2, -0.15) is 0 Å². The van der Waals surface area contributed by atoms with E-state index in [2.05, 4.69) is 0 Å². The van der Waals surface area contributed by atoms with Gasteiger partial charge in [-0.05, 0) is 30.3 Å². The lowest BCUT2D eigenvalue weighted by atomic mass is 10.1. The monoisotopic (exact) mass is 340 g/mol. The first-order chi connectivity index (χ1) is 9.58. The van der Waals surface area contributed by atoms with Crippen LogP contribution in [0.4, 0.5) is 0 Å². The van der Waals surface area contributed by atoms with E-state index in [0.717, 1.165) is 24.6 Å². The van der Waals surface area contributed by atoms with Crippen molar-refractivity contribution in [2.24, 2.45) is 0 Å². The van der Waals surface area contributed by atoms with Crippen LogP contribution in [0.2, 0.25) is 10.0 Å². The summed E-state index contributed by atoms with van der Waals surface area (Å²) >= 11 is 15.5. The molecule has 0 N–H and O–H groups in total. The Balaban J connectivity index is 2.06. The Morgan fingerprint density at radius 2 is 1.65 bits per heavy atom. The van der Waals surface area contributed by atoms with Gasteiger partial charge < -0.3 is 0 Å². The van der Waals surface area contributed by atoms with Crippen molar-refractivity contribution >= 4 is 52.5 Å². The lowest BCUT2D eigenvalue weighted by Crippen LogP contribution is -2.00. The highest BCUT2D eigenvalue weighted by Crippen LogP contribution is 2.50. The van der Waals surface area contributed by atoms with E-state index in [0.29, 0.717) is 17.0 Å². The maximum atomic E-state index is 11.9. The average Bonchev–Trinajstić information content (AvgIpc) is 2.43. The molecular formula is C15H10Cl2OS2. The Kier molecular flexibility index (Phi) is 4.04. The van der Waals surface area contributed by atoms with Crippen molar-refractivity contribution in [2.45, 2.75) is 32.9 Å². The number of fused-ring (bicyclic) bond motifs is 2. The van der Waals surface area contributed by atoms with E-state index < -0.39 is 0 Å². The van der Waals surface area contributed by atoms with Crippen molar-refractivity contribution in [1.82, 2.24) is 0 Å². The van der Waals surface area contributed by atoms with Gasteiger partial charge in [0.25, 0.3) is 0 Å². The maximum absolute atomic E-state index is 11.9. The molecule has 1 aliphatic rings. The van der Waals surface area contributed by atoms with Crippen molar-refractivity contribution in [1.29, 1.82) is 0 Å².